The van der Waals surface area contributed by atoms with Crippen LogP contribution in [-0.4, -0.2) is 18.2 Å². The first-order valence-electron chi connectivity index (χ1n) is 14.1. The second kappa shape index (κ2) is 12.0. The number of hydrogen-bond acceptors (Lipinski definition) is 3. The summed E-state index contributed by atoms with van der Waals surface area (Å²) in [6.07, 6.45) is 3.69. The van der Waals surface area contributed by atoms with Gasteiger partial charge in [-0.1, -0.05) is 91.0 Å². The molecule has 0 aliphatic carbocycles. The Morgan fingerprint density at radius 3 is 1.58 bits per heavy atom. The van der Waals surface area contributed by atoms with Gasteiger partial charge in [-0.25, -0.2) is 12.4 Å². The third-order valence-electron chi connectivity index (χ3n) is 7.72. The van der Waals surface area contributed by atoms with Crippen LogP contribution in [0.5, 0.6) is 0 Å². The van der Waals surface area contributed by atoms with E-state index in [4.69, 9.17) is 0 Å². The SMILES string of the molecule is CC(=O)/C=C/c1c(C[P+](c2ccccc2)(c2ccccc2)c2ccccc2)c2ccccc2n1S(=O)(=O)c1ccccc1. The lowest BCUT2D eigenvalue weighted by Crippen LogP contribution is -2.32. The number of aromatic nitrogens is 1. The predicted octanol–water partition coefficient (Wildman–Crippen LogP) is 6.97. The standard InChI is InChI=1S/C37H31NO3PS/c1-29(39)26-27-37-35(34-24-14-15-25-36(34)38(37)43(40,41)33-22-12-5-13-23-33)28-42(30-16-6-2-7-17-30,31-18-8-3-9-19-31)32-20-10-4-11-21-32/h2-27H,28H2,1H3/q+1/b27-26+. The van der Waals surface area contributed by atoms with Crippen molar-refractivity contribution in [2.45, 2.75) is 18.0 Å². The summed E-state index contributed by atoms with van der Waals surface area (Å²) in [4.78, 5) is 12.5. The summed E-state index contributed by atoms with van der Waals surface area (Å²) in [7, 11) is -6.40. The summed E-state index contributed by atoms with van der Waals surface area (Å²) in [5.41, 5.74) is 1.96. The zero-order valence-corrected chi connectivity index (χ0v) is 25.5. The molecule has 6 aromatic rings. The summed E-state index contributed by atoms with van der Waals surface area (Å²) in [6.45, 7) is 1.48. The fourth-order valence-corrected chi connectivity index (χ4v) is 11.6. The van der Waals surface area contributed by atoms with E-state index in [0.717, 1.165) is 10.9 Å². The van der Waals surface area contributed by atoms with Crippen LogP contribution >= 0.6 is 7.26 Å². The van der Waals surface area contributed by atoms with Crippen molar-refractivity contribution in [3.63, 3.8) is 0 Å². The van der Waals surface area contributed by atoms with E-state index in [0.29, 0.717) is 17.4 Å². The second-order valence-corrected chi connectivity index (χ2v) is 15.7. The average molecular weight is 601 g/mol. The molecule has 1 aromatic heterocycles. The first-order chi connectivity index (χ1) is 20.9. The molecule has 0 fully saturated rings. The first-order valence-corrected chi connectivity index (χ1v) is 17.5. The molecule has 0 saturated heterocycles. The third kappa shape index (κ3) is 5.27. The van der Waals surface area contributed by atoms with Gasteiger partial charge in [0.15, 0.2) is 5.78 Å². The molecule has 0 saturated carbocycles. The molecule has 0 radical (unpaired) electrons. The van der Waals surface area contributed by atoms with Crippen molar-refractivity contribution >= 4 is 56.0 Å². The summed E-state index contributed by atoms with van der Waals surface area (Å²) >= 11 is 0. The molecule has 0 aliphatic rings. The number of para-hydroxylation sites is 1. The van der Waals surface area contributed by atoms with Gasteiger partial charge >= 0.3 is 0 Å². The Morgan fingerprint density at radius 2 is 1.09 bits per heavy atom. The van der Waals surface area contributed by atoms with Crippen molar-refractivity contribution in [2.24, 2.45) is 0 Å². The van der Waals surface area contributed by atoms with Gasteiger partial charge in [-0.2, -0.15) is 0 Å². The Morgan fingerprint density at radius 1 is 0.651 bits per heavy atom. The number of carbonyl (C=O) groups excluding carboxylic acids is 1. The predicted molar refractivity (Wildman–Crippen MR) is 180 cm³/mol. The monoisotopic (exact) mass is 600 g/mol. The van der Waals surface area contributed by atoms with Gasteiger partial charge in [0.2, 0.25) is 0 Å². The van der Waals surface area contributed by atoms with E-state index in [1.165, 1.54) is 32.9 Å². The Labute approximate surface area is 253 Å². The molecule has 0 unspecified atom stereocenters. The lowest BCUT2D eigenvalue weighted by Gasteiger charge is -2.28. The van der Waals surface area contributed by atoms with Crippen LogP contribution in [0.3, 0.4) is 0 Å². The number of rotatable bonds is 9. The van der Waals surface area contributed by atoms with Crippen LogP contribution in [-0.2, 0) is 21.0 Å². The van der Waals surface area contributed by atoms with Crippen molar-refractivity contribution in [1.82, 2.24) is 3.97 Å². The zero-order valence-electron chi connectivity index (χ0n) is 23.7. The second-order valence-electron chi connectivity index (χ2n) is 10.4. The van der Waals surface area contributed by atoms with Gasteiger partial charge in [0.05, 0.1) is 16.1 Å². The molecule has 1 heterocycles. The normalized spacial score (nSPS) is 12.1. The number of allylic oxidation sites excluding steroid dienone is 1. The smallest absolute Gasteiger partial charge is 0.268 e. The number of ketones is 1. The van der Waals surface area contributed by atoms with Gasteiger partial charge < -0.3 is 0 Å². The van der Waals surface area contributed by atoms with Gasteiger partial charge in [-0.05, 0) is 73.7 Å². The lowest BCUT2D eigenvalue weighted by molar-refractivity contribution is -0.112. The highest BCUT2D eigenvalue weighted by molar-refractivity contribution is 7.95. The van der Waals surface area contributed by atoms with Crippen molar-refractivity contribution in [2.75, 3.05) is 0 Å². The highest BCUT2D eigenvalue weighted by atomic mass is 32.2. The number of benzene rings is 5. The highest BCUT2D eigenvalue weighted by Gasteiger charge is 2.47. The van der Waals surface area contributed by atoms with Crippen molar-refractivity contribution in [3.8, 4) is 0 Å². The molecule has 4 nitrogen and oxygen atoms in total. The molecule has 43 heavy (non-hydrogen) atoms. The zero-order chi connectivity index (χ0) is 29.9. The molecular weight excluding hydrogens is 569 g/mol. The highest BCUT2D eigenvalue weighted by Crippen LogP contribution is 2.59. The summed E-state index contributed by atoms with van der Waals surface area (Å²) in [6, 6.07) is 47.6. The molecule has 0 N–H and O–H groups in total. The van der Waals surface area contributed by atoms with Crippen molar-refractivity contribution in [1.29, 1.82) is 0 Å². The van der Waals surface area contributed by atoms with E-state index >= 15 is 0 Å². The molecule has 0 atom stereocenters. The Bertz CT molecular complexity index is 1920. The topological polar surface area (TPSA) is 56.1 Å². The molecule has 6 rings (SSSR count). The number of carbonyl (C=O) groups is 1. The van der Waals surface area contributed by atoms with Crippen LogP contribution in [0.2, 0.25) is 0 Å². The van der Waals surface area contributed by atoms with E-state index in [2.05, 4.69) is 72.8 Å². The van der Waals surface area contributed by atoms with Gasteiger partial charge in [-0.15, -0.1) is 0 Å². The summed E-state index contributed by atoms with van der Waals surface area (Å²) < 4.78 is 30.1. The van der Waals surface area contributed by atoms with Crippen LogP contribution in [0.15, 0.2) is 157 Å². The van der Waals surface area contributed by atoms with Crippen LogP contribution < -0.4 is 15.9 Å². The largest absolute Gasteiger partial charge is 0.295 e. The minimum Gasteiger partial charge on any atom is -0.295 e. The Balaban J connectivity index is 1.73. The summed E-state index contributed by atoms with van der Waals surface area (Å²) in [5, 5.41) is 4.42. The molecule has 6 heteroatoms. The number of nitrogens with zero attached hydrogens (tertiary/aromatic N) is 1. The Hall–Kier alpha value is -4.57. The minimum absolute atomic E-state index is 0.157. The van der Waals surface area contributed by atoms with E-state index in [-0.39, 0.29) is 10.7 Å². The minimum atomic E-state index is -4.01. The summed E-state index contributed by atoms with van der Waals surface area (Å²) in [5.74, 6) is -0.157. The third-order valence-corrected chi connectivity index (χ3v) is 13.8. The van der Waals surface area contributed by atoms with Crippen LogP contribution in [0.25, 0.3) is 17.0 Å². The van der Waals surface area contributed by atoms with Crippen LogP contribution in [0, 0.1) is 0 Å². The molecule has 212 valence electrons. The quantitative estimate of drug-likeness (QED) is 0.133. The van der Waals surface area contributed by atoms with Gasteiger partial charge in [0, 0.05) is 10.9 Å². The molecule has 5 aromatic carbocycles. The maximum atomic E-state index is 14.4. The number of fused-ring (bicyclic) bond motifs is 1. The fourth-order valence-electron chi connectivity index (χ4n) is 5.79. The van der Waals surface area contributed by atoms with Gasteiger partial charge in [0.1, 0.15) is 29.3 Å². The molecule has 0 aliphatic heterocycles. The van der Waals surface area contributed by atoms with Gasteiger partial charge in [-0.3, -0.25) is 4.79 Å². The van der Waals surface area contributed by atoms with E-state index < -0.39 is 17.3 Å². The van der Waals surface area contributed by atoms with E-state index in [9.17, 15) is 13.2 Å². The molecule has 0 bridgehead atoms. The van der Waals surface area contributed by atoms with E-state index in [1.54, 1.807) is 36.4 Å². The van der Waals surface area contributed by atoms with Crippen LogP contribution in [0.4, 0.5) is 0 Å². The van der Waals surface area contributed by atoms with Crippen LogP contribution in [0.1, 0.15) is 18.2 Å². The maximum Gasteiger partial charge on any atom is 0.268 e. The van der Waals surface area contributed by atoms with Gasteiger partial charge in [0.25, 0.3) is 10.0 Å². The fraction of sp³-hybridized carbons (Fsp3) is 0.0541. The van der Waals surface area contributed by atoms with E-state index in [1.807, 2.05) is 42.5 Å². The lowest BCUT2D eigenvalue weighted by atomic mass is 10.1. The first kappa shape index (κ1) is 28.5. The molecular formula is C37H31NO3PS+. The maximum absolute atomic E-state index is 14.4. The van der Waals surface area contributed by atoms with Crippen molar-refractivity contribution < 1.29 is 13.2 Å². The number of hydrogen-bond donors (Lipinski definition) is 0. The molecule has 0 spiro atoms. The molecule has 0 amide bonds. The van der Waals surface area contributed by atoms with Crippen molar-refractivity contribution in [3.05, 3.63) is 163 Å². The Kier molecular flexibility index (Phi) is 7.94. The average Bonchev–Trinajstić information content (AvgIpc) is 3.37.